The number of aliphatic hydroxyl groups excluding tert-OH is 1. The van der Waals surface area contributed by atoms with Crippen molar-refractivity contribution in [3.05, 3.63) is 11.3 Å². The molecule has 0 unspecified atom stereocenters. The summed E-state index contributed by atoms with van der Waals surface area (Å²) in [6, 6.07) is 1.31. The minimum absolute atomic E-state index is 0.0606. The number of nitrogens with zero attached hydrogens (tertiary/aromatic N) is 1. The molecular formula is C7H13N5O2. The van der Waals surface area contributed by atoms with Gasteiger partial charge in [-0.15, -0.1) is 0 Å². The normalized spacial score (nSPS) is 10.1. The SMILES string of the molecule is Nc1cc(N)[n+]([O-])c(N)c1NCCO. The van der Waals surface area contributed by atoms with Gasteiger partial charge in [-0.25, -0.2) is 4.73 Å². The Morgan fingerprint density at radius 2 is 2.07 bits per heavy atom. The number of rotatable bonds is 3. The highest BCUT2D eigenvalue weighted by molar-refractivity contribution is 5.76. The largest absolute Gasteiger partial charge is 0.740 e. The Balaban J connectivity index is 3.09. The maximum atomic E-state index is 11.2. The molecule has 8 N–H and O–H groups in total. The summed E-state index contributed by atoms with van der Waals surface area (Å²) in [6.07, 6.45) is 0. The van der Waals surface area contributed by atoms with Gasteiger partial charge in [0.15, 0.2) is 0 Å². The summed E-state index contributed by atoms with van der Waals surface area (Å²) in [4.78, 5) is 0. The first-order valence-electron chi connectivity index (χ1n) is 3.99. The van der Waals surface area contributed by atoms with Crippen LogP contribution in [-0.4, -0.2) is 18.3 Å². The zero-order chi connectivity index (χ0) is 10.7. The van der Waals surface area contributed by atoms with Gasteiger partial charge in [-0.3, -0.25) is 0 Å². The number of hydrogen-bond acceptors (Lipinski definition) is 6. The molecule has 0 atom stereocenters. The van der Waals surface area contributed by atoms with E-state index in [-0.39, 0.29) is 30.5 Å². The lowest BCUT2D eigenvalue weighted by Gasteiger charge is -2.16. The van der Waals surface area contributed by atoms with Crippen molar-refractivity contribution in [1.29, 1.82) is 0 Å². The third-order valence-electron chi connectivity index (χ3n) is 1.72. The van der Waals surface area contributed by atoms with Crippen molar-refractivity contribution in [3.8, 4) is 0 Å². The molecule has 1 heterocycles. The van der Waals surface area contributed by atoms with Gasteiger partial charge in [0, 0.05) is 12.6 Å². The Labute approximate surface area is 80.7 Å². The molecule has 1 rings (SSSR count). The van der Waals surface area contributed by atoms with E-state index in [0.717, 1.165) is 0 Å². The first-order valence-corrected chi connectivity index (χ1v) is 3.99. The van der Waals surface area contributed by atoms with Gasteiger partial charge in [-0.2, -0.15) is 0 Å². The molecule has 0 spiro atoms. The summed E-state index contributed by atoms with van der Waals surface area (Å²) in [5, 5.41) is 22.5. The molecule has 0 aliphatic carbocycles. The molecule has 0 aliphatic heterocycles. The van der Waals surface area contributed by atoms with E-state index in [0.29, 0.717) is 10.4 Å². The molecule has 0 amide bonds. The first-order chi connectivity index (χ1) is 6.57. The Morgan fingerprint density at radius 1 is 1.43 bits per heavy atom. The van der Waals surface area contributed by atoms with E-state index < -0.39 is 0 Å². The van der Waals surface area contributed by atoms with Crippen LogP contribution in [0.1, 0.15) is 0 Å². The number of hydrogen-bond donors (Lipinski definition) is 5. The fourth-order valence-corrected chi connectivity index (χ4v) is 1.05. The highest BCUT2D eigenvalue weighted by Gasteiger charge is 2.11. The zero-order valence-corrected chi connectivity index (χ0v) is 7.53. The number of nitrogens with one attached hydrogen (secondary N) is 1. The van der Waals surface area contributed by atoms with E-state index in [2.05, 4.69) is 5.32 Å². The minimum atomic E-state index is -0.101. The van der Waals surface area contributed by atoms with Gasteiger partial charge in [0.2, 0.25) is 11.6 Å². The highest BCUT2D eigenvalue weighted by atomic mass is 16.5. The topological polar surface area (TPSA) is 137 Å². The highest BCUT2D eigenvalue weighted by Crippen LogP contribution is 2.23. The van der Waals surface area contributed by atoms with Crippen LogP contribution in [-0.2, 0) is 0 Å². The maximum absolute atomic E-state index is 11.2. The van der Waals surface area contributed by atoms with Crippen LogP contribution in [0, 0.1) is 5.21 Å². The molecule has 0 aromatic carbocycles. The average Bonchev–Trinajstić information content (AvgIpc) is 2.14. The molecule has 78 valence electrons. The number of aromatic nitrogens is 1. The third-order valence-corrected chi connectivity index (χ3v) is 1.72. The quantitative estimate of drug-likeness (QED) is 0.296. The molecule has 0 fully saturated rings. The summed E-state index contributed by atoms with van der Waals surface area (Å²) in [6.45, 7) is 0.181. The number of nitrogen functional groups attached to an aromatic ring is 3. The van der Waals surface area contributed by atoms with Gasteiger partial charge < -0.3 is 32.8 Å². The predicted octanol–water partition coefficient (Wildman–Crippen LogP) is -1.53. The number of nitrogens with two attached hydrogens (primary N) is 3. The molecule has 0 bridgehead atoms. The average molecular weight is 199 g/mol. The first kappa shape index (κ1) is 10.2. The standard InChI is InChI=1S/C7H13N5O2/c8-4-3-5(9)12(14)7(10)6(4)11-1-2-13/h3,11,13H,1-2,8-10H2. The van der Waals surface area contributed by atoms with Crippen LogP contribution in [0.3, 0.4) is 0 Å². The zero-order valence-electron chi connectivity index (χ0n) is 7.53. The Hall–Kier alpha value is -1.89. The van der Waals surface area contributed by atoms with Crippen LogP contribution in [0.2, 0.25) is 0 Å². The molecule has 0 aliphatic rings. The Morgan fingerprint density at radius 3 is 2.64 bits per heavy atom. The van der Waals surface area contributed by atoms with Crippen molar-refractivity contribution in [3.63, 3.8) is 0 Å². The molecule has 0 saturated carbocycles. The van der Waals surface area contributed by atoms with E-state index >= 15 is 0 Å². The maximum Gasteiger partial charge on any atom is 0.245 e. The van der Waals surface area contributed by atoms with Gasteiger partial charge in [-0.05, 0) is 0 Å². The van der Waals surface area contributed by atoms with Crippen molar-refractivity contribution in [1.82, 2.24) is 0 Å². The van der Waals surface area contributed by atoms with Crippen molar-refractivity contribution in [2.24, 2.45) is 0 Å². The smallest absolute Gasteiger partial charge is 0.245 e. The molecule has 1 aromatic rings. The molecule has 7 nitrogen and oxygen atoms in total. The third kappa shape index (κ3) is 1.72. The molecule has 7 heteroatoms. The fraction of sp³-hybridized carbons (Fsp3) is 0.286. The summed E-state index contributed by atoms with van der Waals surface area (Å²) < 4.78 is 0.371. The summed E-state index contributed by atoms with van der Waals surface area (Å²) in [5.41, 5.74) is 17.0. The van der Waals surface area contributed by atoms with Gasteiger partial charge in [0.05, 0.1) is 12.3 Å². The lowest BCUT2D eigenvalue weighted by molar-refractivity contribution is -0.573. The fourth-order valence-electron chi connectivity index (χ4n) is 1.05. The second-order valence-electron chi connectivity index (χ2n) is 2.73. The van der Waals surface area contributed by atoms with Gasteiger partial charge in [0.1, 0.15) is 5.69 Å². The minimum Gasteiger partial charge on any atom is -0.740 e. The van der Waals surface area contributed by atoms with Crippen LogP contribution in [0.4, 0.5) is 23.0 Å². The van der Waals surface area contributed by atoms with Crippen LogP contribution >= 0.6 is 0 Å². The van der Waals surface area contributed by atoms with E-state index in [4.69, 9.17) is 22.3 Å². The van der Waals surface area contributed by atoms with Gasteiger partial charge in [0.25, 0.3) is 0 Å². The van der Waals surface area contributed by atoms with E-state index in [1.807, 2.05) is 0 Å². The van der Waals surface area contributed by atoms with E-state index in [9.17, 15) is 5.21 Å². The number of pyridine rings is 1. The lowest BCUT2D eigenvalue weighted by Crippen LogP contribution is -2.35. The van der Waals surface area contributed by atoms with Crippen molar-refractivity contribution >= 4 is 23.0 Å². The van der Waals surface area contributed by atoms with Gasteiger partial charge in [-0.1, -0.05) is 0 Å². The Bertz CT molecular complexity index is 341. The lowest BCUT2D eigenvalue weighted by atomic mass is 10.3. The van der Waals surface area contributed by atoms with E-state index in [1.54, 1.807) is 0 Å². The predicted molar refractivity (Wildman–Crippen MR) is 54.2 cm³/mol. The summed E-state index contributed by atoms with van der Waals surface area (Å²) in [5.74, 6) is -0.162. The van der Waals surface area contributed by atoms with E-state index in [1.165, 1.54) is 6.07 Å². The number of anilines is 4. The summed E-state index contributed by atoms with van der Waals surface area (Å²) >= 11 is 0. The molecule has 0 radical (unpaired) electrons. The molecule has 1 aromatic heterocycles. The molecule has 0 saturated heterocycles. The van der Waals surface area contributed by atoms with Crippen molar-refractivity contribution in [2.75, 3.05) is 35.7 Å². The van der Waals surface area contributed by atoms with Gasteiger partial charge >= 0.3 is 0 Å². The van der Waals surface area contributed by atoms with Crippen LogP contribution in [0.5, 0.6) is 0 Å². The van der Waals surface area contributed by atoms with Crippen molar-refractivity contribution in [2.45, 2.75) is 0 Å². The Kier molecular flexibility index (Phi) is 2.82. The van der Waals surface area contributed by atoms with Crippen LogP contribution in [0.15, 0.2) is 6.07 Å². The second kappa shape index (κ2) is 3.88. The molecular weight excluding hydrogens is 186 g/mol. The summed E-state index contributed by atoms with van der Waals surface area (Å²) in [7, 11) is 0. The molecule has 14 heavy (non-hydrogen) atoms. The van der Waals surface area contributed by atoms with Crippen LogP contribution < -0.4 is 27.2 Å². The van der Waals surface area contributed by atoms with Crippen LogP contribution in [0.25, 0.3) is 0 Å². The van der Waals surface area contributed by atoms with Crippen molar-refractivity contribution < 1.29 is 9.84 Å². The number of aliphatic hydroxyl groups is 1. The second-order valence-corrected chi connectivity index (χ2v) is 2.73. The monoisotopic (exact) mass is 199 g/mol.